The number of aromatic hydroxyl groups is 1. The van der Waals surface area contributed by atoms with Crippen molar-refractivity contribution in [2.24, 2.45) is 0 Å². The van der Waals surface area contributed by atoms with Crippen molar-refractivity contribution in [3.05, 3.63) is 35.9 Å². The van der Waals surface area contributed by atoms with Gasteiger partial charge in [0, 0.05) is 13.0 Å². The van der Waals surface area contributed by atoms with Crippen LogP contribution in [-0.2, 0) is 23.8 Å². The summed E-state index contributed by atoms with van der Waals surface area (Å²) in [7, 11) is 0. The first kappa shape index (κ1) is 19.9. The van der Waals surface area contributed by atoms with Crippen LogP contribution >= 0.6 is 0 Å². The van der Waals surface area contributed by atoms with Gasteiger partial charge in [-0.05, 0) is 23.8 Å². The van der Waals surface area contributed by atoms with Crippen molar-refractivity contribution in [2.75, 3.05) is 6.61 Å². The Balaban J connectivity index is 2.09. The maximum absolute atomic E-state index is 12.0. The van der Waals surface area contributed by atoms with E-state index in [1.165, 1.54) is 18.2 Å². The molecule has 0 radical (unpaired) electrons. The molecule has 1 fully saturated rings. The second-order valence-electron chi connectivity index (χ2n) is 5.64. The van der Waals surface area contributed by atoms with E-state index in [1.807, 2.05) is 0 Å². The molecule has 4 N–H and O–H groups in total. The highest BCUT2D eigenvalue weighted by molar-refractivity contribution is 5.87. The summed E-state index contributed by atoms with van der Waals surface area (Å²) in [5, 5.41) is 38.4. The number of phenols is 1. The number of rotatable bonds is 5. The Morgan fingerprint density at radius 3 is 2.38 bits per heavy atom. The Morgan fingerprint density at radius 1 is 1.15 bits per heavy atom. The second kappa shape index (κ2) is 8.77. The number of hydrogen-bond acceptors (Lipinski definition) is 9. The highest BCUT2D eigenvalue weighted by Crippen LogP contribution is 2.25. The Labute approximate surface area is 149 Å². The number of carbonyl (C=O) groups excluding carboxylic acids is 2. The first-order chi connectivity index (χ1) is 12.3. The minimum absolute atomic E-state index is 0.0730. The highest BCUT2D eigenvalue weighted by Gasteiger charge is 2.48. The van der Waals surface area contributed by atoms with Crippen molar-refractivity contribution in [1.29, 1.82) is 0 Å². The lowest BCUT2D eigenvalue weighted by Crippen LogP contribution is -2.61. The quantitative estimate of drug-likeness (QED) is 0.392. The molecular weight excluding hydrogens is 348 g/mol. The molecule has 1 saturated heterocycles. The smallest absolute Gasteiger partial charge is 0.331 e. The summed E-state index contributed by atoms with van der Waals surface area (Å²) in [4.78, 5) is 23.2. The van der Waals surface area contributed by atoms with Gasteiger partial charge in [-0.2, -0.15) is 0 Å². The average molecular weight is 368 g/mol. The Morgan fingerprint density at radius 2 is 1.81 bits per heavy atom. The summed E-state index contributed by atoms with van der Waals surface area (Å²) in [5.41, 5.74) is 0.608. The lowest BCUT2D eigenvalue weighted by atomic mass is 9.99. The topological polar surface area (TPSA) is 143 Å². The van der Waals surface area contributed by atoms with Crippen molar-refractivity contribution in [3.8, 4) is 5.75 Å². The zero-order valence-corrected chi connectivity index (χ0v) is 13.9. The summed E-state index contributed by atoms with van der Waals surface area (Å²) < 4.78 is 15.0. The molecule has 1 aromatic rings. The van der Waals surface area contributed by atoms with Gasteiger partial charge in [0.2, 0.25) is 0 Å². The minimum atomic E-state index is -1.70. The molecule has 1 aliphatic heterocycles. The summed E-state index contributed by atoms with van der Waals surface area (Å²) in [6.45, 7) is 0.462. The Bertz CT molecular complexity index is 655. The zero-order chi connectivity index (χ0) is 19.3. The van der Waals surface area contributed by atoms with E-state index in [1.54, 1.807) is 12.1 Å². The van der Waals surface area contributed by atoms with Crippen molar-refractivity contribution in [3.63, 3.8) is 0 Å². The number of esters is 2. The van der Waals surface area contributed by atoms with Gasteiger partial charge < -0.3 is 34.6 Å². The molecular formula is C17H20O9. The van der Waals surface area contributed by atoms with Crippen molar-refractivity contribution >= 4 is 18.0 Å². The molecule has 1 heterocycles. The predicted octanol–water partition coefficient (Wildman–Crippen LogP) is -0.681. The van der Waals surface area contributed by atoms with E-state index in [0.717, 1.165) is 13.0 Å². The number of phenolic OH excluding ortho intramolecular Hbond substituents is 1. The predicted molar refractivity (Wildman–Crippen MR) is 86.5 cm³/mol. The number of ether oxygens (including phenoxy) is 3. The lowest BCUT2D eigenvalue weighted by Gasteiger charge is -2.40. The Kier molecular flexibility index (Phi) is 6.70. The molecule has 1 aliphatic rings. The summed E-state index contributed by atoms with van der Waals surface area (Å²) >= 11 is 0. The van der Waals surface area contributed by atoms with Gasteiger partial charge in [0.25, 0.3) is 0 Å². The van der Waals surface area contributed by atoms with Crippen molar-refractivity contribution in [2.45, 2.75) is 37.6 Å². The molecule has 0 spiro atoms. The first-order valence-corrected chi connectivity index (χ1v) is 7.79. The molecule has 0 aromatic heterocycles. The zero-order valence-electron chi connectivity index (χ0n) is 13.9. The van der Waals surface area contributed by atoms with Crippen LogP contribution in [0, 0.1) is 0 Å². The first-order valence-electron chi connectivity index (χ1n) is 7.79. The molecule has 0 amide bonds. The summed E-state index contributed by atoms with van der Waals surface area (Å²) in [6, 6.07) is 6.00. The third-order valence-corrected chi connectivity index (χ3v) is 3.68. The van der Waals surface area contributed by atoms with Crippen LogP contribution in [0.25, 0.3) is 6.08 Å². The average Bonchev–Trinajstić information content (AvgIpc) is 2.60. The van der Waals surface area contributed by atoms with Gasteiger partial charge in [-0.25, -0.2) is 4.79 Å². The molecule has 2 rings (SSSR count). The molecule has 9 heteroatoms. The fraction of sp³-hybridized carbons (Fsp3) is 0.412. The highest BCUT2D eigenvalue weighted by atomic mass is 16.7. The third-order valence-electron chi connectivity index (χ3n) is 3.68. The van der Waals surface area contributed by atoms with Crippen LogP contribution in [0.1, 0.15) is 12.5 Å². The maximum Gasteiger partial charge on any atom is 0.331 e. The molecule has 26 heavy (non-hydrogen) atoms. The van der Waals surface area contributed by atoms with E-state index < -0.39 is 49.3 Å². The van der Waals surface area contributed by atoms with Gasteiger partial charge in [-0.15, -0.1) is 0 Å². The molecule has 0 unspecified atom stereocenters. The molecule has 1 aromatic carbocycles. The standard InChI is InChI=1S/C17H20O9/c1-9(19)24-15-14(22)12(8-18)25-17(23)16(15)26-13(21)7-4-10-2-5-11(20)6-3-10/h2-7,12,14-18,20,22-23H,8H2,1H3/t12-,14+,15+,16+,17-/m0/s1. The molecule has 0 aliphatic carbocycles. The molecule has 0 saturated carbocycles. The molecule has 0 bridgehead atoms. The fourth-order valence-electron chi connectivity index (χ4n) is 2.43. The number of carbonyl (C=O) groups is 2. The number of hydrogen-bond donors (Lipinski definition) is 4. The monoisotopic (exact) mass is 368 g/mol. The van der Waals surface area contributed by atoms with Crippen LogP contribution in [0.15, 0.2) is 30.3 Å². The molecule has 142 valence electrons. The maximum atomic E-state index is 12.0. The van der Waals surface area contributed by atoms with E-state index in [2.05, 4.69) is 0 Å². The van der Waals surface area contributed by atoms with Crippen LogP contribution in [0.4, 0.5) is 0 Å². The van der Waals surface area contributed by atoms with E-state index >= 15 is 0 Å². The normalized spacial score (nSPS) is 28.7. The fourth-order valence-corrected chi connectivity index (χ4v) is 2.43. The van der Waals surface area contributed by atoms with Crippen LogP contribution < -0.4 is 0 Å². The van der Waals surface area contributed by atoms with E-state index in [0.29, 0.717) is 5.56 Å². The second-order valence-corrected chi connectivity index (χ2v) is 5.64. The largest absolute Gasteiger partial charge is 0.508 e. The van der Waals surface area contributed by atoms with Crippen LogP contribution in [0.2, 0.25) is 0 Å². The number of aliphatic hydroxyl groups excluding tert-OH is 3. The van der Waals surface area contributed by atoms with Gasteiger partial charge in [-0.1, -0.05) is 12.1 Å². The number of benzene rings is 1. The van der Waals surface area contributed by atoms with Gasteiger partial charge in [0.05, 0.1) is 6.61 Å². The molecule has 9 nitrogen and oxygen atoms in total. The Hall–Kier alpha value is -2.46. The lowest BCUT2D eigenvalue weighted by molar-refractivity contribution is -0.292. The van der Waals surface area contributed by atoms with Crippen molar-refractivity contribution in [1.82, 2.24) is 0 Å². The van der Waals surface area contributed by atoms with Crippen molar-refractivity contribution < 1.29 is 44.2 Å². The number of aliphatic hydroxyl groups is 3. The van der Waals surface area contributed by atoms with Gasteiger partial charge in [0.15, 0.2) is 18.5 Å². The van der Waals surface area contributed by atoms with Crippen LogP contribution in [0.5, 0.6) is 5.75 Å². The third kappa shape index (κ3) is 5.02. The molecule has 5 atom stereocenters. The minimum Gasteiger partial charge on any atom is -0.508 e. The van der Waals surface area contributed by atoms with Crippen LogP contribution in [-0.4, -0.2) is 69.7 Å². The van der Waals surface area contributed by atoms with E-state index in [9.17, 15) is 24.9 Å². The van der Waals surface area contributed by atoms with Gasteiger partial charge in [-0.3, -0.25) is 4.79 Å². The van der Waals surface area contributed by atoms with E-state index in [4.69, 9.17) is 19.3 Å². The van der Waals surface area contributed by atoms with Crippen LogP contribution in [0.3, 0.4) is 0 Å². The summed E-state index contributed by atoms with van der Waals surface area (Å²) in [5.74, 6) is -1.57. The van der Waals surface area contributed by atoms with Gasteiger partial charge in [0.1, 0.15) is 18.0 Å². The van der Waals surface area contributed by atoms with E-state index in [-0.39, 0.29) is 5.75 Å². The SMILES string of the molecule is CC(=O)O[C@@H]1[C@H](O)[C@H](CO)O[C@H](O)[C@@H]1OC(=O)C=Cc1ccc(O)cc1. The van der Waals surface area contributed by atoms with Gasteiger partial charge >= 0.3 is 11.9 Å². The summed E-state index contributed by atoms with van der Waals surface area (Å²) in [6.07, 6.45) is -4.80.